The van der Waals surface area contributed by atoms with Crippen LogP contribution < -0.4 is 4.74 Å². The Morgan fingerprint density at radius 1 is 1.33 bits per heavy atom. The van der Waals surface area contributed by atoms with E-state index >= 15 is 0 Å². The molecule has 1 aromatic carbocycles. The summed E-state index contributed by atoms with van der Waals surface area (Å²) in [6.07, 6.45) is 4.54. The van der Waals surface area contributed by atoms with Crippen LogP contribution in [0.5, 0.6) is 5.75 Å². The summed E-state index contributed by atoms with van der Waals surface area (Å²) < 4.78 is 6.72. The molecule has 1 aromatic heterocycles. The lowest BCUT2D eigenvalue weighted by atomic mass is 9.82. The molecule has 6 heteroatoms. The highest BCUT2D eigenvalue weighted by Gasteiger charge is 2.34. The third-order valence-electron chi connectivity index (χ3n) is 3.68. The summed E-state index contributed by atoms with van der Waals surface area (Å²) in [5.74, 6) is 0.482. The number of hydrogen-bond acceptors (Lipinski definition) is 5. The molecule has 0 radical (unpaired) electrons. The maximum Gasteiger partial charge on any atom is 0.159 e. The largest absolute Gasteiger partial charge is 0.510 e. The number of methoxy groups -OCH3 is 1. The van der Waals surface area contributed by atoms with Gasteiger partial charge in [-0.1, -0.05) is 12.1 Å². The molecular formula is C15H15N3O3. The van der Waals surface area contributed by atoms with Crippen molar-refractivity contribution in [2.75, 3.05) is 7.11 Å². The van der Waals surface area contributed by atoms with Gasteiger partial charge < -0.3 is 9.84 Å². The standard InChI is InChI=1S/C15H15N3O3/c1-21-12-4-2-10(3-5-12)13-6-11(19)7-14(20)15(13)18-9-16-8-17-18/h2-5,7-9,13,15,20H,6H2,1H3/t13-,15-/m0/s1. The van der Waals surface area contributed by atoms with E-state index in [0.29, 0.717) is 6.42 Å². The fourth-order valence-electron chi connectivity index (χ4n) is 2.68. The number of rotatable bonds is 3. The average molecular weight is 285 g/mol. The van der Waals surface area contributed by atoms with E-state index in [2.05, 4.69) is 10.1 Å². The van der Waals surface area contributed by atoms with Crippen molar-refractivity contribution in [3.63, 3.8) is 0 Å². The molecule has 1 N–H and O–H groups in total. The van der Waals surface area contributed by atoms with Crippen LogP contribution in [0.2, 0.25) is 0 Å². The topological polar surface area (TPSA) is 77.2 Å². The van der Waals surface area contributed by atoms with Crippen LogP contribution in [0.4, 0.5) is 0 Å². The Hall–Kier alpha value is -2.63. The first kappa shape index (κ1) is 13.4. The van der Waals surface area contributed by atoms with Gasteiger partial charge in [0, 0.05) is 18.4 Å². The van der Waals surface area contributed by atoms with Crippen LogP contribution in [0, 0.1) is 0 Å². The zero-order chi connectivity index (χ0) is 14.8. The summed E-state index contributed by atoms with van der Waals surface area (Å²) in [5, 5.41) is 14.3. The second-order valence-electron chi connectivity index (χ2n) is 4.94. The van der Waals surface area contributed by atoms with E-state index in [4.69, 9.17) is 4.74 Å². The van der Waals surface area contributed by atoms with E-state index in [1.54, 1.807) is 18.1 Å². The van der Waals surface area contributed by atoms with Crippen LogP contribution in [0.15, 0.2) is 48.8 Å². The average Bonchev–Trinajstić information content (AvgIpc) is 3.00. The fourth-order valence-corrected chi connectivity index (χ4v) is 2.68. The maximum absolute atomic E-state index is 11.8. The number of aliphatic hydroxyl groups is 1. The number of carbonyl (C=O) groups is 1. The summed E-state index contributed by atoms with van der Waals surface area (Å²) in [6.45, 7) is 0. The Kier molecular flexibility index (Phi) is 3.43. The van der Waals surface area contributed by atoms with Crippen molar-refractivity contribution in [1.82, 2.24) is 14.8 Å². The molecule has 3 rings (SSSR count). The van der Waals surface area contributed by atoms with Crippen LogP contribution in [0.25, 0.3) is 0 Å². The van der Waals surface area contributed by atoms with Gasteiger partial charge >= 0.3 is 0 Å². The molecule has 1 aliphatic carbocycles. The SMILES string of the molecule is COc1ccc([C@@H]2CC(=O)C=C(O)[C@H]2n2cncn2)cc1. The summed E-state index contributed by atoms with van der Waals surface area (Å²) in [5.41, 5.74) is 0.948. The number of aliphatic hydroxyl groups excluding tert-OH is 1. The van der Waals surface area contributed by atoms with Gasteiger partial charge in [-0.15, -0.1) is 0 Å². The number of ketones is 1. The van der Waals surface area contributed by atoms with Gasteiger partial charge in [0.15, 0.2) is 5.78 Å². The molecule has 0 spiro atoms. The molecule has 0 aliphatic heterocycles. The third kappa shape index (κ3) is 2.52. The molecule has 108 valence electrons. The number of allylic oxidation sites excluding steroid dienone is 2. The van der Waals surface area contributed by atoms with E-state index in [9.17, 15) is 9.90 Å². The molecule has 0 saturated heterocycles. The first-order valence-electron chi connectivity index (χ1n) is 6.60. The highest BCUT2D eigenvalue weighted by molar-refractivity contribution is 5.92. The molecule has 1 heterocycles. The highest BCUT2D eigenvalue weighted by Crippen LogP contribution is 2.39. The Labute approximate surface area is 121 Å². The van der Waals surface area contributed by atoms with Gasteiger partial charge in [0.05, 0.1) is 7.11 Å². The number of hydrogen-bond donors (Lipinski definition) is 1. The lowest BCUT2D eigenvalue weighted by Gasteiger charge is -2.29. The van der Waals surface area contributed by atoms with Gasteiger partial charge in [-0.05, 0) is 17.7 Å². The summed E-state index contributed by atoms with van der Waals surface area (Å²) in [7, 11) is 1.60. The molecule has 0 fully saturated rings. The highest BCUT2D eigenvalue weighted by atomic mass is 16.5. The van der Waals surface area contributed by atoms with Crippen molar-refractivity contribution in [3.05, 3.63) is 54.3 Å². The Bertz CT molecular complexity index is 662. The van der Waals surface area contributed by atoms with Crippen molar-refractivity contribution >= 4 is 5.78 Å². The number of carbonyl (C=O) groups excluding carboxylic acids is 1. The third-order valence-corrected chi connectivity index (χ3v) is 3.68. The van der Waals surface area contributed by atoms with Gasteiger partial charge in [0.1, 0.15) is 30.2 Å². The van der Waals surface area contributed by atoms with Crippen molar-refractivity contribution in [2.45, 2.75) is 18.4 Å². The van der Waals surface area contributed by atoms with Gasteiger partial charge in [0.2, 0.25) is 0 Å². The molecule has 1 aliphatic rings. The summed E-state index contributed by atoms with van der Waals surface area (Å²) in [4.78, 5) is 15.7. The monoisotopic (exact) mass is 285 g/mol. The molecular weight excluding hydrogens is 270 g/mol. The van der Waals surface area contributed by atoms with Gasteiger partial charge in [-0.25, -0.2) is 9.67 Å². The molecule has 6 nitrogen and oxygen atoms in total. The van der Waals surface area contributed by atoms with E-state index in [1.165, 1.54) is 12.4 Å². The molecule has 0 unspecified atom stereocenters. The van der Waals surface area contributed by atoms with Crippen LogP contribution in [0.1, 0.15) is 23.9 Å². The molecule has 2 aromatic rings. The minimum Gasteiger partial charge on any atom is -0.510 e. The number of benzene rings is 1. The van der Waals surface area contributed by atoms with E-state index in [-0.39, 0.29) is 17.5 Å². The van der Waals surface area contributed by atoms with Crippen LogP contribution in [0.3, 0.4) is 0 Å². The molecule has 0 amide bonds. The van der Waals surface area contributed by atoms with Crippen molar-refractivity contribution in [3.8, 4) is 5.75 Å². The quantitative estimate of drug-likeness (QED) is 0.933. The second kappa shape index (κ2) is 5.40. The zero-order valence-electron chi connectivity index (χ0n) is 11.5. The van der Waals surface area contributed by atoms with Crippen molar-refractivity contribution in [1.29, 1.82) is 0 Å². The predicted molar refractivity (Wildman–Crippen MR) is 75.1 cm³/mol. The van der Waals surface area contributed by atoms with Gasteiger partial charge in [-0.2, -0.15) is 5.10 Å². The van der Waals surface area contributed by atoms with E-state index < -0.39 is 6.04 Å². The first-order chi connectivity index (χ1) is 10.2. The number of ether oxygens (including phenoxy) is 1. The smallest absolute Gasteiger partial charge is 0.159 e. The molecule has 2 atom stereocenters. The lowest BCUT2D eigenvalue weighted by Crippen LogP contribution is -2.27. The normalized spacial score (nSPS) is 22.0. The van der Waals surface area contributed by atoms with Crippen molar-refractivity contribution < 1.29 is 14.6 Å². The minimum atomic E-state index is -0.418. The Morgan fingerprint density at radius 3 is 2.71 bits per heavy atom. The lowest BCUT2D eigenvalue weighted by molar-refractivity contribution is -0.116. The number of nitrogens with zero attached hydrogens (tertiary/aromatic N) is 3. The maximum atomic E-state index is 11.8. The van der Waals surface area contributed by atoms with Crippen molar-refractivity contribution in [2.24, 2.45) is 0 Å². The van der Waals surface area contributed by atoms with E-state index in [1.807, 2.05) is 24.3 Å². The van der Waals surface area contributed by atoms with Crippen LogP contribution in [-0.4, -0.2) is 32.8 Å². The van der Waals surface area contributed by atoms with Crippen LogP contribution >= 0.6 is 0 Å². The minimum absolute atomic E-state index is 0.0116. The van der Waals surface area contributed by atoms with E-state index in [0.717, 1.165) is 11.3 Å². The molecule has 0 bridgehead atoms. The number of aromatic nitrogens is 3. The zero-order valence-corrected chi connectivity index (χ0v) is 11.5. The Balaban J connectivity index is 2.01. The predicted octanol–water partition coefficient (Wildman–Crippen LogP) is 2.03. The Morgan fingerprint density at radius 2 is 2.10 bits per heavy atom. The van der Waals surface area contributed by atoms with Gasteiger partial charge in [-0.3, -0.25) is 4.79 Å². The molecule has 0 saturated carbocycles. The second-order valence-corrected chi connectivity index (χ2v) is 4.94. The van der Waals surface area contributed by atoms with Crippen LogP contribution in [-0.2, 0) is 4.79 Å². The fraction of sp³-hybridized carbons (Fsp3) is 0.267. The summed E-state index contributed by atoms with van der Waals surface area (Å²) in [6, 6.07) is 7.07. The van der Waals surface area contributed by atoms with Gasteiger partial charge in [0.25, 0.3) is 0 Å². The summed E-state index contributed by atoms with van der Waals surface area (Å²) >= 11 is 0. The first-order valence-corrected chi connectivity index (χ1v) is 6.60. The molecule has 21 heavy (non-hydrogen) atoms.